The number of para-hydroxylation sites is 1. The third-order valence-electron chi connectivity index (χ3n) is 3.65. The Bertz CT molecular complexity index is 526. The first kappa shape index (κ1) is 15.7. The summed E-state index contributed by atoms with van der Waals surface area (Å²) in [4.78, 5) is 0. The van der Waals surface area contributed by atoms with E-state index in [0.717, 1.165) is 30.8 Å². The van der Waals surface area contributed by atoms with Crippen LogP contribution in [0.1, 0.15) is 38.4 Å². The van der Waals surface area contributed by atoms with Gasteiger partial charge in [0.2, 0.25) is 0 Å². The quantitative estimate of drug-likeness (QED) is 0.811. The van der Waals surface area contributed by atoms with Crippen molar-refractivity contribution in [2.75, 3.05) is 13.7 Å². The van der Waals surface area contributed by atoms with Crippen molar-refractivity contribution in [3.05, 3.63) is 42.2 Å². The number of methoxy groups -OCH3 is 1. The first-order valence-electron chi connectivity index (χ1n) is 7.48. The number of ether oxygens (including phenoxy) is 1. The molecule has 0 aliphatic carbocycles. The molecule has 114 valence electrons. The molecule has 2 atom stereocenters. The number of nitrogens with one attached hydrogen (secondary N) is 1. The highest BCUT2D eigenvalue weighted by molar-refractivity contribution is 5.32. The van der Waals surface area contributed by atoms with Crippen LogP contribution >= 0.6 is 0 Å². The molecule has 1 N–H and O–H groups in total. The van der Waals surface area contributed by atoms with Crippen LogP contribution in [0.25, 0.3) is 5.69 Å². The number of nitrogens with zero attached hydrogens (tertiary/aromatic N) is 3. The predicted octanol–water partition coefficient (Wildman–Crippen LogP) is 2.73. The molecule has 1 heterocycles. The summed E-state index contributed by atoms with van der Waals surface area (Å²) in [6.45, 7) is 5.12. The number of hydrogen-bond acceptors (Lipinski definition) is 4. The molecule has 0 saturated heterocycles. The zero-order valence-corrected chi connectivity index (χ0v) is 13.0. The van der Waals surface area contributed by atoms with Crippen molar-refractivity contribution in [1.82, 2.24) is 20.3 Å². The minimum atomic E-state index is 0.225. The van der Waals surface area contributed by atoms with Crippen molar-refractivity contribution in [3.8, 4) is 5.69 Å². The van der Waals surface area contributed by atoms with Crippen molar-refractivity contribution in [3.63, 3.8) is 0 Å². The maximum absolute atomic E-state index is 5.35. The summed E-state index contributed by atoms with van der Waals surface area (Å²) < 4.78 is 7.25. The molecular weight excluding hydrogens is 264 g/mol. The maximum Gasteiger partial charge on any atom is 0.0815 e. The molecule has 0 saturated carbocycles. The molecule has 0 bridgehead atoms. The lowest BCUT2D eigenvalue weighted by molar-refractivity contribution is 0.106. The highest BCUT2D eigenvalue weighted by Crippen LogP contribution is 2.21. The second kappa shape index (κ2) is 7.90. The number of hydrogen-bond donors (Lipinski definition) is 1. The van der Waals surface area contributed by atoms with Crippen molar-refractivity contribution in [2.24, 2.45) is 0 Å². The number of benzene rings is 1. The highest BCUT2D eigenvalue weighted by Gasteiger charge is 2.18. The highest BCUT2D eigenvalue weighted by atomic mass is 16.5. The zero-order chi connectivity index (χ0) is 15.1. The van der Waals surface area contributed by atoms with E-state index in [1.165, 1.54) is 0 Å². The topological polar surface area (TPSA) is 52.0 Å². The van der Waals surface area contributed by atoms with Crippen LogP contribution in [0.15, 0.2) is 36.5 Å². The van der Waals surface area contributed by atoms with Crippen LogP contribution in [0.4, 0.5) is 0 Å². The van der Waals surface area contributed by atoms with Crippen LogP contribution < -0.4 is 5.32 Å². The predicted molar refractivity (Wildman–Crippen MR) is 83.5 cm³/mol. The summed E-state index contributed by atoms with van der Waals surface area (Å²) in [6, 6.07) is 10.3. The Balaban J connectivity index is 2.19. The lowest BCUT2D eigenvalue weighted by Gasteiger charge is -2.20. The Labute approximate surface area is 126 Å². The Kier molecular flexibility index (Phi) is 5.90. The summed E-state index contributed by atoms with van der Waals surface area (Å²) in [5, 5.41) is 11.8. The van der Waals surface area contributed by atoms with Gasteiger partial charge in [-0.1, -0.05) is 30.3 Å². The monoisotopic (exact) mass is 288 g/mol. The second-order valence-corrected chi connectivity index (χ2v) is 5.14. The SMILES string of the molecule is CCNC(CCC(C)OC)c1cnnn1-c1ccccc1. The molecule has 5 nitrogen and oxygen atoms in total. The van der Waals surface area contributed by atoms with Crippen LogP contribution in [0, 0.1) is 0 Å². The summed E-state index contributed by atoms with van der Waals surface area (Å²) >= 11 is 0. The summed E-state index contributed by atoms with van der Waals surface area (Å²) in [5.41, 5.74) is 2.12. The average Bonchev–Trinajstić information content (AvgIpc) is 3.01. The van der Waals surface area contributed by atoms with E-state index >= 15 is 0 Å². The van der Waals surface area contributed by atoms with E-state index in [-0.39, 0.29) is 12.1 Å². The van der Waals surface area contributed by atoms with E-state index in [0.29, 0.717) is 0 Å². The van der Waals surface area contributed by atoms with Gasteiger partial charge in [-0.2, -0.15) is 0 Å². The van der Waals surface area contributed by atoms with Crippen molar-refractivity contribution in [2.45, 2.75) is 38.8 Å². The van der Waals surface area contributed by atoms with E-state index < -0.39 is 0 Å². The minimum Gasteiger partial charge on any atom is -0.382 e. The Morgan fingerprint density at radius 1 is 1.24 bits per heavy atom. The largest absolute Gasteiger partial charge is 0.382 e. The van der Waals surface area contributed by atoms with Gasteiger partial charge in [-0.3, -0.25) is 0 Å². The first-order chi connectivity index (χ1) is 10.3. The smallest absolute Gasteiger partial charge is 0.0815 e. The van der Waals surface area contributed by atoms with Crippen LogP contribution in [-0.2, 0) is 4.74 Å². The van der Waals surface area contributed by atoms with Crippen LogP contribution in [0.2, 0.25) is 0 Å². The Morgan fingerprint density at radius 2 is 2.00 bits per heavy atom. The normalized spacial score (nSPS) is 14.0. The second-order valence-electron chi connectivity index (χ2n) is 5.14. The molecular formula is C16H24N4O. The average molecular weight is 288 g/mol. The molecule has 1 aromatic carbocycles. The van der Waals surface area contributed by atoms with Gasteiger partial charge in [0.05, 0.1) is 29.7 Å². The molecule has 0 amide bonds. The molecule has 5 heteroatoms. The van der Waals surface area contributed by atoms with Gasteiger partial charge in [-0.15, -0.1) is 5.10 Å². The summed E-state index contributed by atoms with van der Waals surface area (Å²) in [6.07, 6.45) is 4.09. The van der Waals surface area contributed by atoms with Crippen molar-refractivity contribution < 1.29 is 4.74 Å². The fraction of sp³-hybridized carbons (Fsp3) is 0.500. The van der Waals surface area contributed by atoms with Gasteiger partial charge >= 0.3 is 0 Å². The van der Waals surface area contributed by atoms with E-state index in [1.807, 2.05) is 41.2 Å². The molecule has 0 spiro atoms. The third kappa shape index (κ3) is 4.12. The molecule has 0 aliphatic rings. The van der Waals surface area contributed by atoms with Crippen LogP contribution in [-0.4, -0.2) is 34.8 Å². The van der Waals surface area contributed by atoms with Gasteiger partial charge < -0.3 is 10.1 Å². The molecule has 0 aliphatic heterocycles. The van der Waals surface area contributed by atoms with Gasteiger partial charge in [-0.05, 0) is 38.4 Å². The fourth-order valence-corrected chi connectivity index (χ4v) is 2.37. The van der Waals surface area contributed by atoms with Gasteiger partial charge in [0.25, 0.3) is 0 Å². The molecule has 1 aromatic heterocycles. The van der Waals surface area contributed by atoms with Gasteiger partial charge in [-0.25, -0.2) is 4.68 Å². The lowest BCUT2D eigenvalue weighted by Crippen LogP contribution is -2.24. The van der Waals surface area contributed by atoms with Crippen molar-refractivity contribution in [1.29, 1.82) is 0 Å². The maximum atomic E-state index is 5.35. The Morgan fingerprint density at radius 3 is 2.67 bits per heavy atom. The van der Waals surface area contributed by atoms with Gasteiger partial charge in [0, 0.05) is 7.11 Å². The first-order valence-corrected chi connectivity index (χ1v) is 7.48. The standard InChI is InChI=1S/C16H24N4O/c1-4-17-15(11-10-13(2)21-3)16-12-18-19-20(16)14-8-6-5-7-9-14/h5-9,12-13,15,17H,4,10-11H2,1-3H3. The van der Waals surface area contributed by atoms with Gasteiger partial charge in [0.1, 0.15) is 0 Å². The van der Waals surface area contributed by atoms with Crippen LogP contribution in [0.5, 0.6) is 0 Å². The number of rotatable bonds is 8. The lowest BCUT2D eigenvalue weighted by atomic mass is 10.1. The van der Waals surface area contributed by atoms with E-state index in [1.54, 1.807) is 7.11 Å². The molecule has 2 aromatic rings. The van der Waals surface area contributed by atoms with E-state index in [2.05, 4.69) is 29.5 Å². The molecule has 0 radical (unpaired) electrons. The summed E-state index contributed by atoms with van der Waals surface area (Å²) in [7, 11) is 1.75. The van der Waals surface area contributed by atoms with Gasteiger partial charge in [0.15, 0.2) is 0 Å². The Hall–Kier alpha value is -1.72. The number of aromatic nitrogens is 3. The van der Waals surface area contributed by atoms with E-state index in [4.69, 9.17) is 4.74 Å². The summed E-state index contributed by atoms with van der Waals surface area (Å²) in [5.74, 6) is 0. The van der Waals surface area contributed by atoms with E-state index in [9.17, 15) is 0 Å². The minimum absolute atomic E-state index is 0.225. The third-order valence-corrected chi connectivity index (χ3v) is 3.65. The molecule has 2 unspecified atom stereocenters. The molecule has 21 heavy (non-hydrogen) atoms. The molecule has 0 fully saturated rings. The molecule has 2 rings (SSSR count). The van der Waals surface area contributed by atoms with Crippen molar-refractivity contribution >= 4 is 0 Å². The zero-order valence-electron chi connectivity index (χ0n) is 13.0. The van der Waals surface area contributed by atoms with Crippen LogP contribution in [0.3, 0.4) is 0 Å². The fourth-order valence-electron chi connectivity index (χ4n) is 2.37.